The fourth-order valence-electron chi connectivity index (χ4n) is 4.45. The first-order valence-corrected chi connectivity index (χ1v) is 12.2. The monoisotopic (exact) mass is 520 g/mol. The highest BCUT2D eigenvalue weighted by Gasteiger charge is 2.29. The molecule has 0 saturated carbocycles. The van der Waals surface area contributed by atoms with Crippen molar-refractivity contribution < 1.29 is 14.6 Å². The number of aromatic hydroxyl groups is 1. The Hall–Kier alpha value is -3.09. The standard InChI is InChI=1S/C21H23BrN2.C7H6O3/c1-13(2)14-4-6-15(7-5-14)21-20-17(10-11-24(21)3)18-12-16(22)8-9-19(18)23-20;8-5-10-7-3-1-6(9)2-4-7/h4-9,12-13,21,23H,10-11H2,1-3H3;1-5,9H. The van der Waals surface area contributed by atoms with Crippen molar-refractivity contribution in [3.8, 4) is 11.5 Å². The van der Waals surface area contributed by atoms with E-state index < -0.39 is 0 Å². The second-order valence-corrected chi connectivity index (χ2v) is 9.79. The lowest BCUT2D eigenvalue weighted by molar-refractivity contribution is -0.120. The summed E-state index contributed by atoms with van der Waals surface area (Å²) in [5, 5.41) is 10.1. The van der Waals surface area contributed by atoms with E-state index in [1.54, 1.807) is 0 Å². The molecule has 0 aliphatic carbocycles. The summed E-state index contributed by atoms with van der Waals surface area (Å²) < 4.78 is 5.62. The third-order valence-corrected chi connectivity index (χ3v) is 6.76. The molecule has 3 aromatic carbocycles. The Kier molecular flexibility index (Phi) is 7.39. The van der Waals surface area contributed by atoms with Crippen molar-refractivity contribution in [2.75, 3.05) is 13.6 Å². The highest BCUT2D eigenvalue weighted by atomic mass is 79.9. The van der Waals surface area contributed by atoms with Gasteiger partial charge in [-0.3, -0.25) is 9.69 Å². The summed E-state index contributed by atoms with van der Waals surface area (Å²) in [6.07, 6.45) is 1.10. The van der Waals surface area contributed by atoms with Crippen molar-refractivity contribution in [3.63, 3.8) is 0 Å². The number of phenolic OH excluding ortho intramolecular Hbond substituents is 1. The van der Waals surface area contributed by atoms with E-state index in [1.807, 2.05) is 0 Å². The zero-order chi connectivity index (χ0) is 24.2. The van der Waals surface area contributed by atoms with E-state index in [-0.39, 0.29) is 5.75 Å². The number of nitrogens with zero attached hydrogens (tertiary/aromatic N) is 1. The quantitative estimate of drug-likeness (QED) is 0.299. The molecule has 1 unspecified atom stereocenters. The van der Waals surface area contributed by atoms with Crippen LogP contribution in [0.25, 0.3) is 10.9 Å². The Morgan fingerprint density at radius 1 is 1.09 bits per heavy atom. The minimum atomic E-state index is 0.151. The molecule has 0 spiro atoms. The SMILES string of the molecule is CC(C)c1ccc(C2c3[nH]c4ccc(Br)cc4c3CCN2C)cc1.O=COc1ccc(O)cc1. The van der Waals surface area contributed by atoms with Gasteiger partial charge in [0.15, 0.2) is 0 Å². The number of carbonyl (C=O) groups excluding carboxylic acids is 1. The first-order chi connectivity index (χ1) is 16.4. The number of ether oxygens (including phenoxy) is 1. The van der Waals surface area contributed by atoms with Gasteiger partial charge in [-0.05, 0) is 78.5 Å². The van der Waals surface area contributed by atoms with E-state index >= 15 is 0 Å². The number of fused-ring (bicyclic) bond motifs is 3. The molecule has 0 saturated heterocycles. The Labute approximate surface area is 208 Å². The van der Waals surface area contributed by atoms with Crippen molar-refractivity contribution in [2.24, 2.45) is 0 Å². The largest absolute Gasteiger partial charge is 0.508 e. The third kappa shape index (κ3) is 5.18. The summed E-state index contributed by atoms with van der Waals surface area (Å²) >= 11 is 3.61. The summed E-state index contributed by atoms with van der Waals surface area (Å²) in [7, 11) is 2.23. The molecule has 1 aliphatic heterocycles. The van der Waals surface area contributed by atoms with Crippen molar-refractivity contribution >= 4 is 33.3 Å². The van der Waals surface area contributed by atoms with Gasteiger partial charge < -0.3 is 14.8 Å². The fraction of sp³-hybridized carbons (Fsp3) is 0.250. The van der Waals surface area contributed by atoms with Gasteiger partial charge >= 0.3 is 0 Å². The molecule has 2 heterocycles. The van der Waals surface area contributed by atoms with Crippen molar-refractivity contribution in [3.05, 3.63) is 93.6 Å². The van der Waals surface area contributed by atoms with E-state index in [1.165, 1.54) is 57.6 Å². The molecule has 5 nitrogen and oxygen atoms in total. The fourth-order valence-corrected chi connectivity index (χ4v) is 4.81. The van der Waals surface area contributed by atoms with Crippen LogP contribution in [0, 0.1) is 0 Å². The summed E-state index contributed by atoms with van der Waals surface area (Å²) in [4.78, 5) is 15.9. The van der Waals surface area contributed by atoms with Crippen molar-refractivity contribution in [1.29, 1.82) is 0 Å². The Balaban J connectivity index is 0.000000231. The summed E-state index contributed by atoms with van der Waals surface area (Å²) in [6.45, 7) is 5.92. The Bertz CT molecular complexity index is 1260. The van der Waals surface area contributed by atoms with Crippen LogP contribution < -0.4 is 4.74 Å². The molecule has 1 atom stereocenters. The number of nitrogens with one attached hydrogen (secondary N) is 1. The number of rotatable bonds is 4. The number of carbonyl (C=O) groups is 1. The lowest BCUT2D eigenvalue weighted by Crippen LogP contribution is -2.32. The van der Waals surface area contributed by atoms with Gasteiger partial charge in [0, 0.05) is 27.6 Å². The lowest BCUT2D eigenvalue weighted by atomic mass is 9.91. The summed E-state index contributed by atoms with van der Waals surface area (Å²) in [5.41, 5.74) is 6.84. The number of benzene rings is 3. The Morgan fingerprint density at radius 2 is 1.79 bits per heavy atom. The predicted octanol–water partition coefficient (Wildman–Crippen LogP) is 6.56. The summed E-state index contributed by atoms with van der Waals surface area (Å²) in [6, 6.07) is 21.9. The zero-order valence-electron chi connectivity index (χ0n) is 19.6. The van der Waals surface area contributed by atoms with E-state index in [2.05, 4.69) is 93.9 Å². The molecule has 0 amide bonds. The van der Waals surface area contributed by atoms with Crippen molar-refractivity contribution in [1.82, 2.24) is 9.88 Å². The number of halogens is 1. The average molecular weight is 521 g/mol. The van der Waals surface area contributed by atoms with Crippen LogP contribution in [-0.4, -0.2) is 35.1 Å². The number of hydrogen-bond donors (Lipinski definition) is 2. The second-order valence-electron chi connectivity index (χ2n) is 8.87. The number of likely N-dealkylation sites (N-methyl/N-ethyl adjacent to an activating group) is 1. The number of phenols is 1. The lowest BCUT2D eigenvalue weighted by Gasteiger charge is -2.33. The highest BCUT2D eigenvalue weighted by Crippen LogP contribution is 2.38. The van der Waals surface area contributed by atoms with Crippen LogP contribution in [-0.2, 0) is 11.2 Å². The normalized spacial score (nSPS) is 15.5. The number of aromatic nitrogens is 1. The molecule has 2 N–H and O–H groups in total. The molecule has 0 bridgehead atoms. The van der Waals surface area contributed by atoms with Crippen LogP contribution >= 0.6 is 15.9 Å². The van der Waals surface area contributed by atoms with Gasteiger partial charge in [-0.25, -0.2) is 0 Å². The van der Waals surface area contributed by atoms with Gasteiger partial charge in [-0.1, -0.05) is 54.0 Å². The van der Waals surface area contributed by atoms with Crippen LogP contribution in [0.15, 0.2) is 71.2 Å². The van der Waals surface area contributed by atoms with Gasteiger partial charge in [-0.15, -0.1) is 0 Å². The molecule has 34 heavy (non-hydrogen) atoms. The third-order valence-electron chi connectivity index (χ3n) is 6.27. The smallest absolute Gasteiger partial charge is 0.298 e. The van der Waals surface area contributed by atoms with Crippen molar-refractivity contribution in [2.45, 2.75) is 32.2 Å². The molecule has 5 rings (SSSR count). The molecule has 1 aromatic heterocycles. The highest BCUT2D eigenvalue weighted by molar-refractivity contribution is 9.10. The molecule has 1 aliphatic rings. The van der Waals surface area contributed by atoms with E-state index in [0.29, 0.717) is 24.2 Å². The average Bonchev–Trinajstić information content (AvgIpc) is 3.19. The zero-order valence-corrected chi connectivity index (χ0v) is 21.2. The molecule has 0 radical (unpaired) electrons. The van der Waals surface area contributed by atoms with E-state index in [4.69, 9.17) is 5.11 Å². The molecule has 0 fully saturated rings. The second kappa shape index (κ2) is 10.5. The minimum absolute atomic E-state index is 0.151. The predicted molar refractivity (Wildman–Crippen MR) is 140 cm³/mol. The molecule has 6 heteroatoms. The van der Waals surface area contributed by atoms with E-state index in [9.17, 15) is 4.79 Å². The van der Waals surface area contributed by atoms with Gasteiger partial charge in [0.05, 0.1) is 6.04 Å². The van der Waals surface area contributed by atoms with Crippen LogP contribution in [0.1, 0.15) is 48.2 Å². The van der Waals surface area contributed by atoms with Crippen LogP contribution in [0.4, 0.5) is 0 Å². The van der Waals surface area contributed by atoms with Gasteiger partial charge in [-0.2, -0.15) is 0 Å². The number of aromatic amines is 1. The maximum absolute atomic E-state index is 9.77. The molecule has 4 aromatic rings. The maximum Gasteiger partial charge on any atom is 0.298 e. The van der Waals surface area contributed by atoms with Gasteiger partial charge in [0.2, 0.25) is 0 Å². The number of hydrogen-bond acceptors (Lipinski definition) is 4. The van der Waals surface area contributed by atoms with Gasteiger partial charge in [0.1, 0.15) is 11.5 Å². The van der Waals surface area contributed by atoms with E-state index in [0.717, 1.165) is 17.4 Å². The first kappa shape index (κ1) is 24.0. The molecule has 176 valence electrons. The Morgan fingerprint density at radius 3 is 2.44 bits per heavy atom. The first-order valence-electron chi connectivity index (χ1n) is 11.4. The van der Waals surface area contributed by atoms with Gasteiger partial charge in [0.25, 0.3) is 6.47 Å². The molecular weight excluding hydrogens is 492 g/mol. The molecular formula is C28H29BrN2O3. The minimum Gasteiger partial charge on any atom is -0.508 e. The summed E-state index contributed by atoms with van der Waals surface area (Å²) in [5.74, 6) is 1.15. The number of H-pyrrole nitrogens is 1. The van der Waals surface area contributed by atoms with Crippen LogP contribution in [0.5, 0.6) is 11.5 Å². The van der Waals surface area contributed by atoms with Crippen LogP contribution in [0.2, 0.25) is 0 Å². The van der Waals surface area contributed by atoms with Crippen LogP contribution in [0.3, 0.4) is 0 Å². The topological polar surface area (TPSA) is 65.6 Å². The maximum atomic E-state index is 9.77.